The minimum Gasteiger partial charge on any atom is -0.211 e. The predicted octanol–water partition coefficient (Wildman–Crippen LogP) is 2.99. The van der Waals surface area contributed by atoms with Gasteiger partial charge in [-0.15, -0.1) is 0 Å². The molecule has 1 rings (SSSR count). The summed E-state index contributed by atoms with van der Waals surface area (Å²) >= 11 is 3.14. The van der Waals surface area contributed by atoms with Crippen molar-refractivity contribution in [2.24, 2.45) is 4.99 Å². The monoisotopic (exact) mass is 243 g/mol. The molecule has 4 heteroatoms. The Kier molecular flexibility index (Phi) is 3.34. The maximum atomic E-state index is 13.2. The minimum absolute atomic E-state index is 0.374. The van der Waals surface area contributed by atoms with Gasteiger partial charge in [0.05, 0.1) is 6.04 Å². The second-order valence-electron chi connectivity index (χ2n) is 2.56. The van der Waals surface area contributed by atoms with Crippen LogP contribution in [0.25, 0.3) is 0 Å². The van der Waals surface area contributed by atoms with E-state index in [1.807, 2.05) is 0 Å². The molecular formula is C9H7BrFNO. The molecule has 1 atom stereocenters. The molecule has 0 spiro atoms. The van der Waals surface area contributed by atoms with E-state index in [-0.39, 0.29) is 5.82 Å². The Morgan fingerprint density at radius 2 is 2.31 bits per heavy atom. The van der Waals surface area contributed by atoms with E-state index in [4.69, 9.17) is 0 Å². The van der Waals surface area contributed by atoms with E-state index >= 15 is 0 Å². The van der Waals surface area contributed by atoms with Crippen LogP contribution in [-0.4, -0.2) is 6.08 Å². The van der Waals surface area contributed by atoms with E-state index in [2.05, 4.69) is 20.9 Å². The van der Waals surface area contributed by atoms with Gasteiger partial charge < -0.3 is 0 Å². The number of aliphatic imine (C=N–C) groups is 1. The molecule has 0 saturated carbocycles. The zero-order chi connectivity index (χ0) is 9.84. The molecule has 0 aromatic heterocycles. The second-order valence-corrected chi connectivity index (χ2v) is 3.48. The van der Waals surface area contributed by atoms with Crippen molar-refractivity contribution in [1.82, 2.24) is 0 Å². The zero-order valence-electron chi connectivity index (χ0n) is 6.92. The number of hydrogen-bond acceptors (Lipinski definition) is 2. The van der Waals surface area contributed by atoms with Crippen LogP contribution in [0.4, 0.5) is 4.39 Å². The lowest BCUT2D eigenvalue weighted by Gasteiger charge is -2.05. The molecule has 0 heterocycles. The summed E-state index contributed by atoms with van der Waals surface area (Å²) in [4.78, 5) is 13.4. The quantitative estimate of drug-likeness (QED) is 0.580. The minimum atomic E-state index is -0.481. The van der Waals surface area contributed by atoms with Gasteiger partial charge in [-0.05, 0) is 19.1 Å². The zero-order valence-corrected chi connectivity index (χ0v) is 8.51. The Morgan fingerprint density at radius 3 is 2.85 bits per heavy atom. The van der Waals surface area contributed by atoms with Crippen LogP contribution in [-0.2, 0) is 4.79 Å². The number of hydrogen-bond donors (Lipinski definition) is 0. The van der Waals surface area contributed by atoms with Crippen LogP contribution in [0.1, 0.15) is 18.5 Å². The van der Waals surface area contributed by atoms with Crippen LogP contribution in [0.2, 0.25) is 0 Å². The fourth-order valence-electron chi connectivity index (χ4n) is 0.989. The first kappa shape index (κ1) is 10.1. The van der Waals surface area contributed by atoms with Gasteiger partial charge in [0.2, 0.25) is 6.08 Å². The Bertz CT molecular complexity index is 361. The molecule has 2 nitrogen and oxygen atoms in total. The van der Waals surface area contributed by atoms with Crippen LogP contribution in [0.5, 0.6) is 0 Å². The predicted molar refractivity (Wildman–Crippen MR) is 50.6 cm³/mol. The SMILES string of the molecule is CC(N=C=O)c1ccc(Br)cc1F. The number of halogens is 2. The summed E-state index contributed by atoms with van der Waals surface area (Å²) in [7, 11) is 0. The smallest absolute Gasteiger partial charge is 0.211 e. The van der Waals surface area contributed by atoms with Gasteiger partial charge in [0.25, 0.3) is 0 Å². The van der Waals surface area contributed by atoms with Gasteiger partial charge in [-0.2, -0.15) is 4.99 Å². The molecule has 1 unspecified atom stereocenters. The van der Waals surface area contributed by atoms with Crippen molar-refractivity contribution in [3.05, 3.63) is 34.1 Å². The molecule has 0 bridgehead atoms. The standard InChI is InChI=1S/C9H7BrFNO/c1-6(12-5-13)8-3-2-7(10)4-9(8)11/h2-4,6H,1H3. The normalized spacial score (nSPS) is 11.9. The van der Waals surface area contributed by atoms with Gasteiger partial charge in [-0.25, -0.2) is 9.18 Å². The van der Waals surface area contributed by atoms with Gasteiger partial charge in [0.15, 0.2) is 0 Å². The maximum absolute atomic E-state index is 13.2. The van der Waals surface area contributed by atoms with Crippen LogP contribution in [0.3, 0.4) is 0 Å². The fourth-order valence-corrected chi connectivity index (χ4v) is 1.32. The van der Waals surface area contributed by atoms with Crippen molar-refractivity contribution in [3.8, 4) is 0 Å². The van der Waals surface area contributed by atoms with Crippen LogP contribution in [0.15, 0.2) is 27.7 Å². The Balaban J connectivity index is 3.08. The molecule has 1 aromatic carbocycles. The van der Waals surface area contributed by atoms with Gasteiger partial charge in [-0.3, -0.25) is 0 Å². The van der Waals surface area contributed by atoms with Crippen LogP contribution in [0, 0.1) is 5.82 Å². The lowest BCUT2D eigenvalue weighted by atomic mass is 10.1. The van der Waals surface area contributed by atoms with E-state index in [1.54, 1.807) is 19.1 Å². The third kappa shape index (κ3) is 2.47. The molecule has 0 N–H and O–H groups in total. The average molecular weight is 244 g/mol. The molecule has 13 heavy (non-hydrogen) atoms. The topological polar surface area (TPSA) is 29.4 Å². The Morgan fingerprint density at radius 1 is 1.62 bits per heavy atom. The highest BCUT2D eigenvalue weighted by atomic mass is 79.9. The number of isocyanates is 1. The molecular weight excluding hydrogens is 237 g/mol. The molecule has 0 aliphatic carbocycles. The number of rotatable bonds is 2. The second kappa shape index (κ2) is 4.30. The van der Waals surface area contributed by atoms with E-state index in [0.717, 1.165) is 0 Å². The van der Waals surface area contributed by atoms with E-state index < -0.39 is 6.04 Å². The fraction of sp³-hybridized carbons (Fsp3) is 0.222. The van der Waals surface area contributed by atoms with Crippen molar-refractivity contribution in [2.45, 2.75) is 13.0 Å². The van der Waals surface area contributed by atoms with Crippen molar-refractivity contribution in [2.75, 3.05) is 0 Å². The molecule has 0 radical (unpaired) electrons. The van der Waals surface area contributed by atoms with Crippen molar-refractivity contribution in [3.63, 3.8) is 0 Å². The summed E-state index contributed by atoms with van der Waals surface area (Å²) in [6.45, 7) is 1.64. The molecule has 1 aromatic rings. The van der Waals surface area contributed by atoms with Crippen LogP contribution >= 0.6 is 15.9 Å². The highest BCUT2D eigenvalue weighted by molar-refractivity contribution is 9.10. The highest BCUT2D eigenvalue weighted by Crippen LogP contribution is 2.22. The average Bonchev–Trinajstić information content (AvgIpc) is 2.04. The summed E-state index contributed by atoms with van der Waals surface area (Å²) < 4.78 is 13.9. The molecule has 0 saturated heterocycles. The first-order chi connectivity index (χ1) is 6.15. The van der Waals surface area contributed by atoms with Crippen molar-refractivity contribution in [1.29, 1.82) is 0 Å². The lowest BCUT2D eigenvalue weighted by molar-refractivity contribution is 0.555. The first-order valence-corrected chi connectivity index (χ1v) is 4.46. The Hall–Kier alpha value is -0.990. The van der Waals surface area contributed by atoms with Gasteiger partial charge in [0.1, 0.15) is 5.82 Å². The maximum Gasteiger partial charge on any atom is 0.235 e. The van der Waals surface area contributed by atoms with Crippen molar-refractivity contribution >= 4 is 22.0 Å². The molecule has 0 fully saturated rings. The third-order valence-corrected chi connectivity index (χ3v) is 2.15. The number of nitrogens with zero attached hydrogens (tertiary/aromatic N) is 1. The molecule has 0 amide bonds. The molecule has 68 valence electrons. The highest BCUT2D eigenvalue weighted by Gasteiger charge is 2.09. The number of carbonyl (C=O) groups excluding carboxylic acids is 1. The molecule has 0 aliphatic heterocycles. The molecule has 0 aliphatic rings. The first-order valence-electron chi connectivity index (χ1n) is 3.67. The van der Waals surface area contributed by atoms with E-state index in [9.17, 15) is 9.18 Å². The van der Waals surface area contributed by atoms with Crippen LogP contribution < -0.4 is 0 Å². The summed E-state index contributed by atoms with van der Waals surface area (Å²) in [5, 5.41) is 0. The van der Waals surface area contributed by atoms with Gasteiger partial charge in [-0.1, -0.05) is 22.0 Å². The van der Waals surface area contributed by atoms with Crippen molar-refractivity contribution < 1.29 is 9.18 Å². The summed E-state index contributed by atoms with van der Waals surface area (Å²) in [5.74, 6) is -0.374. The van der Waals surface area contributed by atoms with E-state index in [1.165, 1.54) is 12.1 Å². The van der Waals surface area contributed by atoms with E-state index in [0.29, 0.717) is 10.0 Å². The third-order valence-electron chi connectivity index (χ3n) is 1.66. The van der Waals surface area contributed by atoms with Gasteiger partial charge >= 0.3 is 0 Å². The summed E-state index contributed by atoms with van der Waals surface area (Å²) in [6.07, 6.45) is 1.40. The summed E-state index contributed by atoms with van der Waals surface area (Å²) in [5.41, 5.74) is 0.395. The lowest BCUT2D eigenvalue weighted by Crippen LogP contribution is -1.93. The Labute approximate surface area is 83.6 Å². The van der Waals surface area contributed by atoms with Gasteiger partial charge in [0, 0.05) is 10.0 Å². The number of benzene rings is 1. The summed E-state index contributed by atoms with van der Waals surface area (Å²) in [6, 6.07) is 4.15. The largest absolute Gasteiger partial charge is 0.235 e.